The Hall–Kier alpha value is -2.93. The minimum absolute atomic E-state index is 0.115. The number of aromatic nitrogens is 4. The van der Waals surface area contributed by atoms with Crippen LogP contribution in [0.3, 0.4) is 0 Å². The summed E-state index contributed by atoms with van der Waals surface area (Å²) in [4.78, 5) is 28.4. The highest BCUT2D eigenvalue weighted by Crippen LogP contribution is 2.17. The number of halogens is 1. The van der Waals surface area contributed by atoms with Crippen molar-refractivity contribution in [2.24, 2.45) is 7.05 Å². The molecule has 2 aromatic heterocycles. The maximum absolute atomic E-state index is 12.1. The molecule has 0 saturated carbocycles. The standard InChI is InChI=1S/C17H16ClN5O2/c1-23-10-2-3-13(17(23)25)16(24)19-9-8-14-20-15(22-21-14)11-4-6-12(18)7-5-11/h2-7,10H,8-9H2,1H3,(H,19,24)(H,20,21,22). The molecule has 0 aliphatic rings. The zero-order valence-electron chi connectivity index (χ0n) is 13.5. The van der Waals surface area contributed by atoms with Gasteiger partial charge in [0.2, 0.25) is 0 Å². The molecule has 2 heterocycles. The molecule has 7 nitrogen and oxygen atoms in total. The van der Waals surface area contributed by atoms with Gasteiger partial charge in [0, 0.05) is 36.8 Å². The largest absolute Gasteiger partial charge is 0.351 e. The molecule has 2 N–H and O–H groups in total. The molecule has 8 heteroatoms. The summed E-state index contributed by atoms with van der Waals surface area (Å²) in [6.07, 6.45) is 2.07. The van der Waals surface area contributed by atoms with Crippen LogP contribution in [-0.2, 0) is 13.5 Å². The fraction of sp³-hybridized carbons (Fsp3) is 0.176. The Kier molecular flexibility index (Phi) is 4.95. The van der Waals surface area contributed by atoms with E-state index in [0.29, 0.717) is 29.6 Å². The number of nitrogens with one attached hydrogen (secondary N) is 2. The van der Waals surface area contributed by atoms with E-state index in [2.05, 4.69) is 20.5 Å². The van der Waals surface area contributed by atoms with E-state index in [1.165, 1.54) is 10.6 Å². The van der Waals surface area contributed by atoms with E-state index in [9.17, 15) is 9.59 Å². The molecule has 0 atom stereocenters. The van der Waals surface area contributed by atoms with Crippen molar-refractivity contribution in [3.8, 4) is 11.4 Å². The number of hydrogen-bond acceptors (Lipinski definition) is 4. The summed E-state index contributed by atoms with van der Waals surface area (Å²) in [6, 6.07) is 10.4. The van der Waals surface area contributed by atoms with Crippen molar-refractivity contribution in [1.29, 1.82) is 0 Å². The first-order valence-corrected chi connectivity index (χ1v) is 8.03. The molecule has 3 rings (SSSR count). The quantitative estimate of drug-likeness (QED) is 0.728. The van der Waals surface area contributed by atoms with Crippen LogP contribution in [0.25, 0.3) is 11.4 Å². The van der Waals surface area contributed by atoms with E-state index in [1.807, 2.05) is 12.1 Å². The second-order valence-electron chi connectivity index (χ2n) is 5.46. The van der Waals surface area contributed by atoms with Crippen LogP contribution in [0.1, 0.15) is 16.2 Å². The number of carbonyl (C=O) groups is 1. The molecular weight excluding hydrogens is 342 g/mol. The van der Waals surface area contributed by atoms with Gasteiger partial charge in [-0.05, 0) is 36.4 Å². The SMILES string of the molecule is Cn1cccc(C(=O)NCCc2nc(-c3ccc(Cl)cc3)n[nH]2)c1=O. The zero-order chi connectivity index (χ0) is 17.8. The molecule has 0 unspecified atom stereocenters. The molecular formula is C17H16ClN5O2. The second kappa shape index (κ2) is 7.31. The summed E-state index contributed by atoms with van der Waals surface area (Å²) in [5.41, 5.74) is 0.637. The molecule has 0 bridgehead atoms. The highest BCUT2D eigenvalue weighted by atomic mass is 35.5. The van der Waals surface area contributed by atoms with E-state index in [0.717, 1.165) is 5.56 Å². The van der Waals surface area contributed by atoms with Crippen LogP contribution < -0.4 is 10.9 Å². The Morgan fingerprint density at radius 1 is 1.28 bits per heavy atom. The van der Waals surface area contributed by atoms with Crippen molar-refractivity contribution in [2.75, 3.05) is 6.54 Å². The molecule has 0 radical (unpaired) electrons. The van der Waals surface area contributed by atoms with Gasteiger partial charge in [-0.25, -0.2) is 4.98 Å². The molecule has 0 saturated heterocycles. The fourth-order valence-electron chi connectivity index (χ4n) is 2.29. The summed E-state index contributed by atoms with van der Waals surface area (Å²) in [6.45, 7) is 0.339. The smallest absolute Gasteiger partial charge is 0.263 e. The molecule has 0 aliphatic carbocycles. The number of H-pyrrole nitrogens is 1. The van der Waals surface area contributed by atoms with Crippen molar-refractivity contribution >= 4 is 17.5 Å². The minimum Gasteiger partial charge on any atom is -0.351 e. The van der Waals surface area contributed by atoms with Crippen LogP contribution in [0, 0.1) is 0 Å². The molecule has 1 amide bonds. The summed E-state index contributed by atoms with van der Waals surface area (Å²) in [5.74, 6) is 0.805. The average molecular weight is 358 g/mol. The van der Waals surface area contributed by atoms with Crippen molar-refractivity contribution < 1.29 is 4.79 Å². The van der Waals surface area contributed by atoms with Crippen LogP contribution >= 0.6 is 11.6 Å². The predicted octanol–water partition coefficient (Wildman–Crippen LogP) is 1.80. The van der Waals surface area contributed by atoms with Gasteiger partial charge in [-0.15, -0.1) is 0 Å². The van der Waals surface area contributed by atoms with Crippen LogP contribution in [0.4, 0.5) is 0 Å². The van der Waals surface area contributed by atoms with Crippen LogP contribution in [-0.4, -0.2) is 32.2 Å². The van der Waals surface area contributed by atoms with Crippen LogP contribution in [0.2, 0.25) is 5.02 Å². The molecule has 0 fully saturated rings. The summed E-state index contributed by atoms with van der Waals surface area (Å²) in [5, 5.41) is 10.4. The summed E-state index contributed by atoms with van der Waals surface area (Å²) < 4.78 is 1.36. The number of aryl methyl sites for hydroxylation is 1. The lowest BCUT2D eigenvalue weighted by Gasteiger charge is -2.04. The van der Waals surface area contributed by atoms with Gasteiger partial charge < -0.3 is 9.88 Å². The predicted molar refractivity (Wildman–Crippen MR) is 94.5 cm³/mol. The van der Waals surface area contributed by atoms with Gasteiger partial charge in [0.15, 0.2) is 5.82 Å². The molecule has 25 heavy (non-hydrogen) atoms. The first-order valence-electron chi connectivity index (χ1n) is 7.65. The Morgan fingerprint density at radius 2 is 2.04 bits per heavy atom. The lowest BCUT2D eigenvalue weighted by Crippen LogP contribution is -2.33. The number of pyridine rings is 1. The third-order valence-electron chi connectivity index (χ3n) is 3.65. The maximum atomic E-state index is 12.1. The molecule has 3 aromatic rings. The number of rotatable bonds is 5. The van der Waals surface area contributed by atoms with E-state index in [1.54, 1.807) is 31.4 Å². The van der Waals surface area contributed by atoms with Gasteiger partial charge >= 0.3 is 0 Å². The third kappa shape index (κ3) is 3.95. The lowest BCUT2D eigenvalue weighted by molar-refractivity contribution is 0.0952. The van der Waals surface area contributed by atoms with Gasteiger partial charge in [0.1, 0.15) is 11.4 Å². The molecule has 1 aromatic carbocycles. The van der Waals surface area contributed by atoms with Crippen LogP contribution in [0.15, 0.2) is 47.4 Å². The number of benzene rings is 1. The normalized spacial score (nSPS) is 10.6. The average Bonchev–Trinajstić information content (AvgIpc) is 3.07. The monoisotopic (exact) mass is 357 g/mol. The first kappa shape index (κ1) is 16.9. The van der Waals surface area contributed by atoms with Crippen LogP contribution in [0.5, 0.6) is 0 Å². The Labute approximate surface area is 148 Å². The molecule has 0 aliphatic heterocycles. The number of nitrogens with zero attached hydrogens (tertiary/aromatic N) is 3. The second-order valence-corrected chi connectivity index (χ2v) is 5.89. The topological polar surface area (TPSA) is 92.7 Å². The Morgan fingerprint density at radius 3 is 2.80 bits per heavy atom. The van der Waals surface area contributed by atoms with Crippen molar-refractivity contribution in [1.82, 2.24) is 25.1 Å². The first-order chi connectivity index (χ1) is 12.0. The van der Waals surface area contributed by atoms with Gasteiger partial charge in [-0.1, -0.05) is 11.6 Å². The highest BCUT2D eigenvalue weighted by molar-refractivity contribution is 6.30. The lowest BCUT2D eigenvalue weighted by atomic mass is 10.2. The summed E-state index contributed by atoms with van der Waals surface area (Å²) >= 11 is 5.86. The van der Waals surface area contributed by atoms with Crippen molar-refractivity contribution in [2.45, 2.75) is 6.42 Å². The van der Waals surface area contributed by atoms with Gasteiger partial charge in [0.05, 0.1) is 0 Å². The van der Waals surface area contributed by atoms with Gasteiger partial charge in [-0.3, -0.25) is 14.7 Å². The van der Waals surface area contributed by atoms with E-state index in [4.69, 9.17) is 11.6 Å². The van der Waals surface area contributed by atoms with Crippen molar-refractivity contribution in [3.05, 3.63) is 69.4 Å². The fourth-order valence-corrected chi connectivity index (χ4v) is 2.42. The number of aromatic amines is 1. The number of carbonyl (C=O) groups excluding carboxylic acids is 1. The van der Waals surface area contributed by atoms with Gasteiger partial charge in [-0.2, -0.15) is 5.10 Å². The minimum atomic E-state index is -0.404. The highest BCUT2D eigenvalue weighted by Gasteiger charge is 2.11. The maximum Gasteiger partial charge on any atom is 0.263 e. The van der Waals surface area contributed by atoms with Crippen molar-refractivity contribution in [3.63, 3.8) is 0 Å². The van der Waals surface area contributed by atoms with Gasteiger partial charge in [0.25, 0.3) is 11.5 Å². The molecule has 0 spiro atoms. The summed E-state index contributed by atoms with van der Waals surface area (Å²) in [7, 11) is 1.60. The van der Waals surface area contributed by atoms with E-state index < -0.39 is 5.91 Å². The van der Waals surface area contributed by atoms with E-state index in [-0.39, 0.29) is 11.1 Å². The molecule has 128 valence electrons. The zero-order valence-corrected chi connectivity index (χ0v) is 14.2. The number of hydrogen-bond donors (Lipinski definition) is 2. The third-order valence-corrected chi connectivity index (χ3v) is 3.90. The Balaban J connectivity index is 1.59. The Bertz CT molecular complexity index is 946. The number of amides is 1. The van der Waals surface area contributed by atoms with E-state index >= 15 is 0 Å².